The molecule has 0 saturated carbocycles. The highest BCUT2D eigenvalue weighted by Crippen LogP contribution is 2.30. The van der Waals surface area contributed by atoms with Crippen molar-refractivity contribution in [2.24, 2.45) is 0 Å². The normalized spacial score (nSPS) is 11.4. The maximum atomic E-state index is 13.4. The van der Waals surface area contributed by atoms with Gasteiger partial charge in [-0.25, -0.2) is 13.8 Å². The molecule has 0 saturated heterocycles. The summed E-state index contributed by atoms with van der Waals surface area (Å²) in [7, 11) is 1.83. The van der Waals surface area contributed by atoms with E-state index < -0.39 is 11.6 Å². The lowest BCUT2D eigenvalue weighted by Crippen LogP contribution is -2.21. The van der Waals surface area contributed by atoms with E-state index in [-0.39, 0.29) is 5.56 Å². The van der Waals surface area contributed by atoms with Crippen LogP contribution in [-0.2, 0) is 13.1 Å². The van der Waals surface area contributed by atoms with Crippen LogP contribution in [0.2, 0.25) is 0 Å². The second-order valence-electron chi connectivity index (χ2n) is 6.63. The highest BCUT2D eigenvalue weighted by Gasteiger charge is 2.12. The Balaban J connectivity index is 1.57. The molecule has 0 radical (unpaired) electrons. The molecule has 0 spiro atoms. The number of fused-ring (bicyclic) bond motifs is 1. The number of aromatic nitrogens is 2. The Labute approximate surface area is 164 Å². The Morgan fingerprint density at radius 3 is 2.57 bits per heavy atom. The lowest BCUT2D eigenvalue weighted by Gasteiger charge is -2.16. The van der Waals surface area contributed by atoms with Crippen molar-refractivity contribution >= 4 is 21.6 Å². The van der Waals surface area contributed by atoms with E-state index >= 15 is 0 Å². The predicted molar refractivity (Wildman–Crippen MR) is 107 cm³/mol. The number of hydrogen-bond acceptors (Lipinski definition) is 4. The van der Waals surface area contributed by atoms with Gasteiger partial charge in [0.25, 0.3) is 5.56 Å². The lowest BCUT2D eigenvalue weighted by atomic mass is 10.2. The molecule has 0 atom stereocenters. The third kappa shape index (κ3) is 3.85. The first-order valence-electron chi connectivity index (χ1n) is 8.70. The van der Waals surface area contributed by atoms with Crippen LogP contribution in [0.1, 0.15) is 11.4 Å². The van der Waals surface area contributed by atoms with Gasteiger partial charge >= 0.3 is 0 Å². The lowest BCUT2D eigenvalue weighted by molar-refractivity contribution is 0.310. The van der Waals surface area contributed by atoms with Crippen LogP contribution < -0.4 is 5.56 Å². The van der Waals surface area contributed by atoms with E-state index in [4.69, 9.17) is 0 Å². The first-order valence-corrected chi connectivity index (χ1v) is 9.52. The molecule has 0 unspecified atom stereocenters. The van der Waals surface area contributed by atoms with E-state index in [0.29, 0.717) is 34.7 Å². The van der Waals surface area contributed by atoms with Gasteiger partial charge in [-0.05, 0) is 36.4 Å². The molecule has 1 N–H and O–H groups in total. The summed E-state index contributed by atoms with van der Waals surface area (Å²) in [5.41, 5.74) is 1.51. The van der Waals surface area contributed by atoms with Crippen molar-refractivity contribution < 1.29 is 8.78 Å². The molecule has 2 heterocycles. The number of rotatable bonds is 5. The maximum Gasteiger partial charge on any atom is 0.259 e. The molecular weight excluding hydrogens is 380 g/mol. The zero-order valence-corrected chi connectivity index (χ0v) is 15.9. The van der Waals surface area contributed by atoms with E-state index in [1.807, 2.05) is 48.3 Å². The van der Waals surface area contributed by atoms with Gasteiger partial charge in [0, 0.05) is 11.4 Å². The molecule has 4 rings (SSSR count). The summed E-state index contributed by atoms with van der Waals surface area (Å²) in [5, 5.41) is 0.566. The molecule has 0 aliphatic rings. The summed E-state index contributed by atoms with van der Waals surface area (Å²) >= 11 is 1.47. The van der Waals surface area contributed by atoms with Crippen LogP contribution in [0.15, 0.2) is 59.4 Å². The first kappa shape index (κ1) is 18.5. The Kier molecular flexibility index (Phi) is 5.02. The average molecular weight is 397 g/mol. The molecule has 0 fully saturated rings. The second kappa shape index (κ2) is 7.61. The number of halogens is 2. The standard InChI is InChI=1S/C21H17F2N3OS/c1-26(11-13-7-8-16(22)17(23)9-13)12-19-24-20(27)15-10-18(28-21(15)25-19)14-5-3-2-4-6-14/h2-10H,11-12H2,1H3,(H,24,25,27). The summed E-state index contributed by atoms with van der Waals surface area (Å²) in [6.07, 6.45) is 0. The Morgan fingerprint density at radius 2 is 1.82 bits per heavy atom. The molecule has 2 aromatic heterocycles. The van der Waals surface area contributed by atoms with E-state index in [9.17, 15) is 13.6 Å². The average Bonchev–Trinajstić information content (AvgIpc) is 3.10. The maximum absolute atomic E-state index is 13.4. The molecule has 4 aromatic rings. The van der Waals surface area contributed by atoms with Crippen molar-refractivity contribution in [2.45, 2.75) is 13.1 Å². The quantitative estimate of drug-likeness (QED) is 0.537. The molecule has 0 aliphatic heterocycles. The van der Waals surface area contributed by atoms with Crippen LogP contribution in [0, 0.1) is 11.6 Å². The SMILES string of the molecule is CN(Cc1ccc(F)c(F)c1)Cc1nc2sc(-c3ccccc3)cc2c(=O)[nH]1. The van der Waals surface area contributed by atoms with Gasteiger partial charge < -0.3 is 4.98 Å². The fourth-order valence-electron chi connectivity index (χ4n) is 3.06. The molecule has 0 bridgehead atoms. The minimum atomic E-state index is -0.870. The van der Waals surface area contributed by atoms with Gasteiger partial charge in [0.15, 0.2) is 11.6 Å². The number of aromatic amines is 1. The van der Waals surface area contributed by atoms with E-state index in [1.165, 1.54) is 17.4 Å². The zero-order valence-electron chi connectivity index (χ0n) is 15.1. The van der Waals surface area contributed by atoms with Gasteiger partial charge in [-0.1, -0.05) is 36.4 Å². The minimum Gasteiger partial charge on any atom is -0.309 e. The Morgan fingerprint density at radius 1 is 1.04 bits per heavy atom. The van der Waals surface area contributed by atoms with Gasteiger partial charge in [-0.15, -0.1) is 11.3 Å². The number of H-pyrrole nitrogens is 1. The van der Waals surface area contributed by atoms with Crippen LogP contribution in [0.3, 0.4) is 0 Å². The monoisotopic (exact) mass is 397 g/mol. The van der Waals surface area contributed by atoms with Crippen LogP contribution in [0.5, 0.6) is 0 Å². The topological polar surface area (TPSA) is 49.0 Å². The minimum absolute atomic E-state index is 0.181. The largest absolute Gasteiger partial charge is 0.309 e. The van der Waals surface area contributed by atoms with Crippen molar-refractivity contribution in [3.63, 3.8) is 0 Å². The van der Waals surface area contributed by atoms with Gasteiger partial charge in [0.05, 0.1) is 11.9 Å². The van der Waals surface area contributed by atoms with E-state index in [1.54, 1.807) is 6.07 Å². The van der Waals surface area contributed by atoms with E-state index in [0.717, 1.165) is 16.5 Å². The van der Waals surface area contributed by atoms with Crippen molar-refractivity contribution in [1.29, 1.82) is 0 Å². The fraction of sp³-hybridized carbons (Fsp3) is 0.143. The van der Waals surface area contributed by atoms with Gasteiger partial charge in [-0.3, -0.25) is 9.69 Å². The Hall–Kier alpha value is -2.90. The summed E-state index contributed by atoms with van der Waals surface area (Å²) < 4.78 is 26.4. The smallest absolute Gasteiger partial charge is 0.259 e. The molecule has 7 heteroatoms. The molecule has 0 aliphatic carbocycles. The summed E-state index contributed by atoms with van der Waals surface area (Å²) in [6.45, 7) is 0.779. The van der Waals surface area contributed by atoms with Gasteiger partial charge in [0.1, 0.15) is 10.7 Å². The zero-order chi connectivity index (χ0) is 19.7. The Bertz CT molecular complexity index is 1190. The number of benzene rings is 2. The van der Waals surface area contributed by atoms with E-state index in [2.05, 4.69) is 9.97 Å². The van der Waals surface area contributed by atoms with Crippen LogP contribution in [0.4, 0.5) is 8.78 Å². The highest BCUT2D eigenvalue weighted by molar-refractivity contribution is 7.21. The van der Waals surface area contributed by atoms with Crippen molar-refractivity contribution in [3.05, 3.63) is 88.0 Å². The summed E-state index contributed by atoms with van der Waals surface area (Å²) in [6, 6.07) is 15.5. The molecule has 4 nitrogen and oxygen atoms in total. The van der Waals surface area contributed by atoms with Gasteiger partial charge in [0.2, 0.25) is 0 Å². The van der Waals surface area contributed by atoms with Gasteiger partial charge in [-0.2, -0.15) is 0 Å². The van der Waals surface area contributed by atoms with Crippen molar-refractivity contribution in [3.8, 4) is 10.4 Å². The molecule has 0 amide bonds. The summed E-state index contributed by atoms with van der Waals surface area (Å²) in [5.74, 6) is -1.20. The fourth-order valence-corrected chi connectivity index (χ4v) is 4.11. The second-order valence-corrected chi connectivity index (χ2v) is 7.66. The third-order valence-corrected chi connectivity index (χ3v) is 5.44. The number of hydrogen-bond donors (Lipinski definition) is 1. The summed E-state index contributed by atoms with van der Waals surface area (Å²) in [4.78, 5) is 23.4. The van der Waals surface area contributed by atoms with Crippen molar-refractivity contribution in [2.75, 3.05) is 7.05 Å². The number of nitrogens with one attached hydrogen (secondary N) is 1. The predicted octanol–water partition coefficient (Wildman–Crippen LogP) is 4.56. The molecule has 2 aromatic carbocycles. The highest BCUT2D eigenvalue weighted by atomic mass is 32.1. The van der Waals surface area contributed by atoms with Crippen LogP contribution in [-0.4, -0.2) is 21.9 Å². The third-order valence-electron chi connectivity index (χ3n) is 4.37. The number of thiophene rings is 1. The van der Waals surface area contributed by atoms with Crippen LogP contribution >= 0.6 is 11.3 Å². The van der Waals surface area contributed by atoms with Crippen molar-refractivity contribution in [1.82, 2.24) is 14.9 Å². The molecule has 28 heavy (non-hydrogen) atoms. The molecular formula is C21H17F2N3OS. The van der Waals surface area contributed by atoms with Crippen LogP contribution in [0.25, 0.3) is 20.7 Å². The number of nitrogens with zero attached hydrogens (tertiary/aromatic N) is 2. The molecule has 142 valence electrons. The first-order chi connectivity index (χ1) is 13.5.